The Kier molecular flexibility index (Phi) is 9.40. The number of hydrogen-bond donors (Lipinski definition) is 1. The van der Waals surface area contributed by atoms with Crippen LogP contribution in [0.4, 0.5) is 10.1 Å². The lowest BCUT2D eigenvalue weighted by atomic mass is 10.1. The zero-order valence-corrected chi connectivity index (χ0v) is 20.3. The summed E-state index contributed by atoms with van der Waals surface area (Å²) in [6, 6.07) is 13.5. The number of hydrogen-bond acceptors (Lipinski definition) is 4. The van der Waals surface area contributed by atoms with Crippen molar-refractivity contribution in [3.8, 4) is 0 Å². The van der Waals surface area contributed by atoms with Gasteiger partial charge in [-0.3, -0.25) is 13.9 Å². The summed E-state index contributed by atoms with van der Waals surface area (Å²) < 4.78 is 39.1. The monoisotopic (exact) mass is 477 g/mol. The van der Waals surface area contributed by atoms with Gasteiger partial charge in [0.15, 0.2) is 0 Å². The minimum atomic E-state index is -3.83. The second-order valence-electron chi connectivity index (χ2n) is 8.06. The molecule has 7 nitrogen and oxygen atoms in total. The van der Waals surface area contributed by atoms with Crippen LogP contribution in [0.3, 0.4) is 0 Å². The summed E-state index contributed by atoms with van der Waals surface area (Å²) in [6.45, 7) is 5.18. The van der Waals surface area contributed by atoms with E-state index in [-0.39, 0.29) is 24.2 Å². The van der Waals surface area contributed by atoms with Gasteiger partial charge in [-0.2, -0.15) is 0 Å². The van der Waals surface area contributed by atoms with E-state index in [1.165, 1.54) is 17.0 Å². The lowest BCUT2D eigenvalue weighted by Crippen LogP contribution is -2.53. The summed E-state index contributed by atoms with van der Waals surface area (Å²) in [6.07, 6.45) is 2.23. The van der Waals surface area contributed by atoms with E-state index in [4.69, 9.17) is 0 Å². The standard InChI is InChI=1S/C24H32FN3O4S/c1-5-18(2)26-24(30)19(3)27(16-15-20-9-7-6-8-10-20)23(29)17-28(33(4,31)32)22-13-11-21(25)12-14-22/h6-14,18-19H,5,15-17H2,1-4H3,(H,26,30)/t18-,19-/m0/s1. The van der Waals surface area contributed by atoms with Gasteiger partial charge in [-0.05, 0) is 56.5 Å². The van der Waals surface area contributed by atoms with Crippen LogP contribution in [0.5, 0.6) is 0 Å². The second kappa shape index (κ2) is 11.8. The molecule has 0 aliphatic carbocycles. The highest BCUT2D eigenvalue weighted by Crippen LogP contribution is 2.19. The summed E-state index contributed by atoms with van der Waals surface area (Å²) in [5.74, 6) is -1.34. The van der Waals surface area contributed by atoms with Crippen molar-refractivity contribution in [1.82, 2.24) is 10.2 Å². The van der Waals surface area contributed by atoms with E-state index in [2.05, 4.69) is 5.32 Å². The molecule has 0 spiro atoms. The molecule has 2 aromatic carbocycles. The van der Waals surface area contributed by atoms with Crippen molar-refractivity contribution in [2.24, 2.45) is 0 Å². The lowest BCUT2D eigenvalue weighted by Gasteiger charge is -2.32. The molecule has 0 unspecified atom stereocenters. The van der Waals surface area contributed by atoms with E-state index in [1.54, 1.807) is 6.92 Å². The molecule has 9 heteroatoms. The Bertz CT molecular complexity index is 1030. The van der Waals surface area contributed by atoms with Crippen LogP contribution in [0.1, 0.15) is 32.8 Å². The molecular weight excluding hydrogens is 445 g/mol. The fraction of sp³-hybridized carbons (Fsp3) is 0.417. The van der Waals surface area contributed by atoms with Gasteiger partial charge in [0, 0.05) is 12.6 Å². The minimum Gasteiger partial charge on any atom is -0.352 e. The largest absolute Gasteiger partial charge is 0.352 e. The summed E-state index contributed by atoms with van der Waals surface area (Å²) in [7, 11) is -3.83. The van der Waals surface area contributed by atoms with Crippen LogP contribution in [0.2, 0.25) is 0 Å². The number of rotatable bonds is 11. The van der Waals surface area contributed by atoms with E-state index < -0.39 is 34.3 Å². The van der Waals surface area contributed by atoms with Gasteiger partial charge in [-0.15, -0.1) is 0 Å². The third-order valence-corrected chi connectivity index (χ3v) is 6.59. The first kappa shape index (κ1) is 26.3. The summed E-state index contributed by atoms with van der Waals surface area (Å²) >= 11 is 0. The zero-order valence-electron chi connectivity index (χ0n) is 19.5. The van der Waals surface area contributed by atoms with Crippen molar-refractivity contribution < 1.29 is 22.4 Å². The molecule has 0 aliphatic rings. The Morgan fingerprint density at radius 2 is 1.64 bits per heavy atom. The molecule has 0 saturated carbocycles. The number of nitrogens with one attached hydrogen (secondary N) is 1. The smallest absolute Gasteiger partial charge is 0.244 e. The average Bonchev–Trinajstić information content (AvgIpc) is 2.78. The van der Waals surface area contributed by atoms with Crippen molar-refractivity contribution in [3.05, 3.63) is 66.0 Å². The van der Waals surface area contributed by atoms with E-state index >= 15 is 0 Å². The first-order valence-corrected chi connectivity index (χ1v) is 12.7. The maximum atomic E-state index is 13.3. The molecule has 2 amide bonds. The highest BCUT2D eigenvalue weighted by atomic mass is 32.2. The van der Waals surface area contributed by atoms with Crippen LogP contribution in [-0.4, -0.2) is 56.6 Å². The Morgan fingerprint density at radius 3 is 2.18 bits per heavy atom. The van der Waals surface area contributed by atoms with Crippen LogP contribution < -0.4 is 9.62 Å². The molecule has 0 aliphatic heterocycles. The van der Waals surface area contributed by atoms with Crippen LogP contribution in [-0.2, 0) is 26.0 Å². The Balaban J connectivity index is 2.29. The Morgan fingerprint density at radius 1 is 1.03 bits per heavy atom. The van der Waals surface area contributed by atoms with Crippen molar-refractivity contribution >= 4 is 27.5 Å². The number of benzene rings is 2. The van der Waals surface area contributed by atoms with Gasteiger partial charge in [-0.25, -0.2) is 12.8 Å². The Hall–Kier alpha value is -2.94. The van der Waals surface area contributed by atoms with Gasteiger partial charge in [0.1, 0.15) is 18.4 Å². The second-order valence-corrected chi connectivity index (χ2v) is 9.97. The van der Waals surface area contributed by atoms with Crippen molar-refractivity contribution in [2.75, 3.05) is 23.7 Å². The number of carbonyl (C=O) groups is 2. The predicted octanol–water partition coefficient (Wildman–Crippen LogP) is 2.97. The van der Waals surface area contributed by atoms with Gasteiger partial charge in [-0.1, -0.05) is 37.3 Å². The number of sulfonamides is 1. The molecule has 0 saturated heterocycles. The molecule has 2 atom stereocenters. The normalized spacial score (nSPS) is 13.1. The molecule has 2 rings (SSSR count). The molecule has 0 radical (unpaired) electrons. The number of amides is 2. The third-order valence-electron chi connectivity index (χ3n) is 5.45. The number of nitrogens with zero attached hydrogens (tertiary/aromatic N) is 2. The van der Waals surface area contributed by atoms with Crippen LogP contribution in [0, 0.1) is 5.82 Å². The molecule has 33 heavy (non-hydrogen) atoms. The Labute approximate surface area is 195 Å². The van der Waals surface area contributed by atoms with Crippen LogP contribution in [0.15, 0.2) is 54.6 Å². The van der Waals surface area contributed by atoms with Gasteiger partial charge in [0.2, 0.25) is 21.8 Å². The predicted molar refractivity (Wildman–Crippen MR) is 128 cm³/mol. The van der Waals surface area contributed by atoms with Crippen molar-refractivity contribution in [3.63, 3.8) is 0 Å². The van der Waals surface area contributed by atoms with E-state index in [0.717, 1.165) is 34.7 Å². The van der Waals surface area contributed by atoms with Gasteiger partial charge in [0.25, 0.3) is 0 Å². The third kappa shape index (κ3) is 7.85. The van der Waals surface area contributed by atoms with Gasteiger partial charge in [0.05, 0.1) is 11.9 Å². The van der Waals surface area contributed by atoms with Gasteiger partial charge < -0.3 is 10.2 Å². The summed E-state index contributed by atoms with van der Waals surface area (Å²) in [4.78, 5) is 27.5. The molecule has 1 N–H and O–H groups in total. The number of halogens is 1. The molecule has 2 aromatic rings. The van der Waals surface area contributed by atoms with Crippen molar-refractivity contribution in [2.45, 2.75) is 45.7 Å². The van der Waals surface area contributed by atoms with E-state index in [9.17, 15) is 22.4 Å². The topological polar surface area (TPSA) is 86.8 Å². The molecule has 0 fully saturated rings. The highest BCUT2D eigenvalue weighted by Gasteiger charge is 2.30. The van der Waals surface area contributed by atoms with Crippen molar-refractivity contribution in [1.29, 1.82) is 0 Å². The summed E-state index contributed by atoms with van der Waals surface area (Å²) in [5, 5.41) is 2.88. The maximum Gasteiger partial charge on any atom is 0.244 e. The molecule has 180 valence electrons. The highest BCUT2D eigenvalue weighted by molar-refractivity contribution is 7.92. The first-order valence-electron chi connectivity index (χ1n) is 10.9. The average molecular weight is 478 g/mol. The van der Waals surface area contributed by atoms with Crippen LogP contribution in [0.25, 0.3) is 0 Å². The maximum absolute atomic E-state index is 13.3. The van der Waals surface area contributed by atoms with E-state index in [0.29, 0.717) is 6.42 Å². The lowest BCUT2D eigenvalue weighted by molar-refractivity contribution is -0.139. The minimum absolute atomic E-state index is 0.0576. The zero-order chi connectivity index (χ0) is 24.6. The molecular formula is C24H32FN3O4S. The fourth-order valence-electron chi connectivity index (χ4n) is 3.26. The molecule has 0 heterocycles. The molecule has 0 aromatic heterocycles. The van der Waals surface area contributed by atoms with E-state index in [1.807, 2.05) is 44.2 Å². The molecule has 0 bridgehead atoms. The number of carbonyl (C=O) groups excluding carboxylic acids is 2. The number of anilines is 1. The first-order chi connectivity index (χ1) is 15.5. The SMILES string of the molecule is CC[C@H](C)NC(=O)[C@H](C)N(CCc1ccccc1)C(=O)CN(c1ccc(F)cc1)S(C)(=O)=O. The fourth-order valence-corrected chi connectivity index (χ4v) is 4.11. The quantitative estimate of drug-likeness (QED) is 0.539. The van der Waals surface area contributed by atoms with Gasteiger partial charge >= 0.3 is 0 Å². The van der Waals surface area contributed by atoms with Crippen LogP contribution >= 0.6 is 0 Å². The summed E-state index contributed by atoms with van der Waals surface area (Å²) in [5.41, 5.74) is 1.16.